The van der Waals surface area contributed by atoms with Crippen LogP contribution in [0.25, 0.3) is 0 Å². The van der Waals surface area contributed by atoms with Crippen LogP contribution in [0.5, 0.6) is 0 Å². The van der Waals surface area contributed by atoms with E-state index in [0.29, 0.717) is 11.6 Å². The van der Waals surface area contributed by atoms with Crippen molar-refractivity contribution in [2.45, 2.75) is 4.90 Å². The third kappa shape index (κ3) is 4.15. The first kappa shape index (κ1) is 14.7. The van der Waals surface area contributed by atoms with Crippen LogP contribution in [0.15, 0.2) is 52.3 Å². The van der Waals surface area contributed by atoms with Crippen LogP contribution in [0.2, 0.25) is 5.02 Å². The van der Waals surface area contributed by atoms with Crippen molar-refractivity contribution in [1.82, 2.24) is 10.3 Å². The Kier molecular flexibility index (Phi) is 5.26. The molecule has 0 radical (unpaired) electrons. The molecule has 0 spiro atoms. The maximum Gasteiger partial charge on any atom is 0.260 e. The number of carbonyl (C=O) groups excluding carboxylic acids is 1. The summed E-state index contributed by atoms with van der Waals surface area (Å²) in [6, 6.07) is 10.6. The Morgan fingerprint density at radius 2 is 2.00 bits per heavy atom. The van der Waals surface area contributed by atoms with Crippen molar-refractivity contribution in [3.63, 3.8) is 0 Å². The molecule has 0 saturated heterocycles. The van der Waals surface area contributed by atoms with E-state index >= 15 is 0 Å². The Hall–Kier alpha value is -1.72. The minimum atomic E-state index is -0.379. The van der Waals surface area contributed by atoms with E-state index in [1.807, 2.05) is 24.3 Å². The van der Waals surface area contributed by atoms with Gasteiger partial charge in [0.25, 0.3) is 11.5 Å². The number of thioether (sulfide) groups is 1. The first-order valence-electron chi connectivity index (χ1n) is 6.01. The molecule has 0 unspecified atom stereocenters. The maximum absolute atomic E-state index is 11.8. The van der Waals surface area contributed by atoms with Gasteiger partial charge in [-0.25, -0.2) is 0 Å². The molecule has 0 atom stereocenters. The number of hydrogen-bond donors (Lipinski definition) is 2. The lowest BCUT2D eigenvalue weighted by molar-refractivity contribution is 0.0954. The van der Waals surface area contributed by atoms with E-state index in [0.717, 1.165) is 10.6 Å². The lowest BCUT2D eigenvalue weighted by Crippen LogP contribution is -2.30. The van der Waals surface area contributed by atoms with E-state index in [1.54, 1.807) is 17.8 Å². The summed E-state index contributed by atoms with van der Waals surface area (Å²) in [5.74, 6) is 0.363. The summed E-state index contributed by atoms with van der Waals surface area (Å²) in [5.41, 5.74) is -0.251. The Balaban J connectivity index is 1.79. The topological polar surface area (TPSA) is 62.0 Å². The number of hydrogen-bond acceptors (Lipinski definition) is 3. The molecule has 104 valence electrons. The number of pyridine rings is 1. The predicted octanol–water partition coefficient (Wildman–Crippen LogP) is 2.55. The molecule has 1 aromatic carbocycles. The van der Waals surface area contributed by atoms with Gasteiger partial charge in [0.05, 0.1) is 0 Å². The van der Waals surface area contributed by atoms with Crippen molar-refractivity contribution in [3.05, 3.63) is 63.5 Å². The van der Waals surface area contributed by atoms with E-state index in [2.05, 4.69) is 10.3 Å². The average molecular weight is 309 g/mol. The molecular formula is C14H13ClN2O2S. The van der Waals surface area contributed by atoms with Crippen molar-refractivity contribution in [3.8, 4) is 0 Å². The highest BCUT2D eigenvalue weighted by molar-refractivity contribution is 7.99. The summed E-state index contributed by atoms with van der Waals surface area (Å²) in [6.45, 7) is 0.487. The van der Waals surface area contributed by atoms with Gasteiger partial charge in [0.15, 0.2) is 0 Å². The van der Waals surface area contributed by atoms with Crippen molar-refractivity contribution in [2.24, 2.45) is 0 Å². The van der Waals surface area contributed by atoms with E-state index < -0.39 is 0 Å². The molecule has 0 aliphatic heterocycles. The van der Waals surface area contributed by atoms with Crippen molar-refractivity contribution >= 4 is 29.3 Å². The van der Waals surface area contributed by atoms with E-state index in [-0.39, 0.29) is 17.0 Å². The fraction of sp³-hybridized carbons (Fsp3) is 0.143. The Labute approximate surface area is 125 Å². The Morgan fingerprint density at radius 3 is 2.70 bits per heavy atom. The molecule has 2 N–H and O–H groups in total. The Bertz CT molecular complexity index is 640. The predicted molar refractivity (Wildman–Crippen MR) is 81.6 cm³/mol. The summed E-state index contributed by atoms with van der Waals surface area (Å²) < 4.78 is 0. The number of aromatic amines is 1. The summed E-state index contributed by atoms with van der Waals surface area (Å²) in [4.78, 5) is 26.7. The first-order chi connectivity index (χ1) is 9.66. The third-order valence-corrected chi connectivity index (χ3v) is 3.80. The number of H-pyrrole nitrogens is 1. The summed E-state index contributed by atoms with van der Waals surface area (Å²) >= 11 is 7.41. The van der Waals surface area contributed by atoms with Crippen molar-refractivity contribution in [1.29, 1.82) is 0 Å². The smallest absolute Gasteiger partial charge is 0.260 e. The molecule has 0 aliphatic carbocycles. The normalized spacial score (nSPS) is 10.2. The zero-order valence-corrected chi connectivity index (χ0v) is 12.1. The highest BCUT2D eigenvalue weighted by Crippen LogP contribution is 2.19. The van der Waals surface area contributed by atoms with Gasteiger partial charge < -0.3 is 10.3 Å². The van der Waals surface area contributed by atoms with Crippen LogP contribution in [0.1, 0.15) is 10.4 Å². The van der Waals surface area contributed by atoms with Crippen LogP contribution < -0.4 is 10.9 Å². The maximum atomic E-state index is 11.8. The van der Waals surface area contributed by atoms with Crippen LogP contribution in [-0.4, -0.2) is 23.2 Å². The molecule has 0 saturated carbocycles. The van der Waals surface area contributed by atoms with Gasteiger partial charge in [-0.3, -0.25) is 9.59 Å². The number of benzene rings is 1. The molecule has 20 heavy (non-hydrogen) atoms. The zero-order chi connectivity index (χ0) is 14.4. The van der Waals surface area contributed by atoms with Crippen LogP contribution in [-0.2, 0) is 0 Å². The van der Waals surface area contributed by atoms with E-state index in [9.17, 15) is 9.59 Å². The molecule has 1 amide bonds. The minimum absolute atomic E-state index is 0.129. The summed E-state index contributed by atoms with van der Waals surface area (Å²) in [5, 5.41) is 3.42. The van der Waals surface area contributed by atoms with E-state index in [1.165, 1.54) is 12.3 Å². The number of halogens is 1. The van der Waals surface area contributed by atoms with Gasteiger partial charge in [-0.15, -0.1) is 11.8 Å². The zero-order valence-electron chi connectivity index (χ0n) is 10.6. The van der Waals surface area contributed by atoms with E-state index in [4.69, 9.17) is 11.6 Å². The van der Waals surface area contributed by atoms with Gasteiger partial charge in [0, 0.05) is 28.4 Å². The number of rotatable bonds is 5. The SMILES string of the molecule is O=C(NCCSc1ccc(Cl)cc1)c1ccc[nH]c1=O. The molecular weight excluding hydrogens is 296 g/mol. The highest BCUT2D eigenvalue weighted by atomic mass is 35.5. The standard InChI is InChI=1S/C14H13ClN2O2S/c15-10-3-5-11(6-4-10)20-9-8-17-14(19)12-2-1-7-16-13(12)18/h1-7H,8-9H2,(H,16,18)(H,17,19). The monoisotopic (exact) mass is 308 g/mol. The van der Waals surface area contributed by atoms with Crippen LogP contribution in [0.4, 0.5) is 0 Å². The second-order valence-electron chi connectivity index (χ2n) is 3.97. The quantitative estimate of drug-likeness (QED) is 0.659. The van der Waals surface area contributed by atoms with Gasteiger partial charge in [-0.05, 0) is 36.4 Å². The molecule has 0 bridgehead atoms. The number of carbonyl (C=O) groups is 1. The Morgan fingerprint density at radius 1 is 1.25 bits per heavy atom. The summed E-state index contributed by atoms with van der Waals surface area (Å²) in [6.07, 6.45) is 1.50. The largest absolute Gasteiger partial charge is 0.351 e. The lowest BCUT2D eigenvalue weighted by Gasteiger charge is -2.04. The highest BCUT2D eigenvalue weighted by Gasteiger charge is 2.08. The van der Waals surface area contributed by atoms with Crippen LogP contribution >= 0.6 is 23.4 Å². The lowest BCUT2D eigenvalue weighted by atomic mass is 10.2. The van der Waals surface area contributed by atoms with Gasteiger partial charge >= 0.3 is 0 Å². The fourth-order valence-corrected chi connectivity index (χ4v) is 2.45. The molecule has 2 aromatic rings. The molecule has 0 aliphatic rings. The molecule has 4 nitrogen and oxygen atoms in total. The second-order valence-corrected chi connectivity index (χ2v) is 5.58. The summed E-state index contributed by atoms with van der Waals surface area (Å²) in [7, 11) is 0. The van der Waals surface area contributed by atoms with Crippen molar-refractivity contribution < 1.29 is 4.79 Å². The van der Waals surface area contributed by atoms with Crippen LogP contribution in [0.3, 0.4) is 0 Å². The van der Waals surface area contributed by atoms with Gasteiger partial charge in [0.2, 0.25) is 0 Å². The molecule has 6 heteroatoms. The second kappa shape index (κ2) is 7.17. The number of aromatic nitrogens is 1. The van der Waals surface area contributed by atoms with Crippen molar-refractivity contribution in [2.75, 3.05) is 12.3 Å². The third-order valence-electron chi connectivity index (χ3n) is 2.53. The molecule has 0 fully saturated rings. The first-order valence-corrected chi connectivity index (χ1v) is 7.37. The van der Waals surface area contributed by atoms with Crippen LogP contribution in [0, 0.1) is 0 Å². The fourth-order valence-electron chi connectivity index (χ4n) is 1.56. The molecule has 1 heterocycles. The number of nitrogens with one attached hydrogen (secondary N) is 2. The average Bonchev–Trinajstić information content (AvgIpc) is 2.46. The minimum Gasteiger partial charge on any atom is -0.351 e. The molecule has 2 rings (SSSR count). The van der Waals surface area contributed by atoms with Gasteiger partial charge in [0.1, 0.15) is 5.56 Å². The van der Waals surface area contributed by atoms with Gasteiger partial charge in [-0.2, -0.15) is 0 Å². The van der Waals surface area contributed by atoms with Gasteiger partial charge in [-0.1, -0.05) is 11.6 Å². The molecule has 1 aromatic heterocycles. The number of amides is 1.